The molecule has 0 aliphatic heterocycles. The Balaban J connectivity index is 2.88. The normalized spacial score (nSPS) is 11.1. The maximum Gasteiger partial charge on any atom is 0.256 e. The highest BCUT2D eigenvalue weighted by Gasteiger charge is 2.02. The number of guanidine groups is 1. The second-order valence-electron chi connectivity index (χ2n) is 2.50. The highest BCUT2D eigenvalue weighted by atomic mass is 35.5. The number of hydrazine groups is 1. The smallest absolute Gasteiger partial charge is 0.256 e. The molecule has 15 heavy (non-hydrogen) atoms. The van der Waals surface area contributed by atoms with E-state index in [1.807, 2.05) is 0 Å². The van der Waals surface area contributed by atoms with Gasteiger partial charge < -0.3 is 10.8 Å². The van der Waals surface area contributed by atoms with Crippen molar-refractivity contribution in [2.75, 3.05) is 0 Å². The van der Waals surface area contributed by atoms with Gasteiger partial charge in [-0.2, -0.15) is 0 Å². The van der Waals surface area contributed by atoms with Crippen LogP contribution in [0.5, 0.6) is 5.75 Å². The Morgan fingerprint density at radius 2 is 2.33 bits per heavy atom. The van der Waals surface area contributed by atoms with Gasteiger partial charge in [0.25, 0.3) is 5.96 Å². The van der Waals surface area contributed by atoms with Crippen molar-refractivity contribution < 1.29 is 10.1 Å². The number of nitrogens with two attached hydrogens (primary N) is 1. The lowest BCUT2D eigenvalue weighted by atomic mass is 10.3. The van der Waals surface area contributed by atoms with Crippen molar-refractivity contribution in [2.24, 2.45) is 10.7 Å². The molecule has 0 atom stereocenters. The van der Waals surface area contributed by atoms with Crippen LogP contribution >= 0.6 is 11.6 Å². The molecule has 0 bridgehead atoms. The zero-order chi connectivity index (χ0) is 11.4. The van der Waals surface area contributed by atoms with Crippen LogP contribution in [0, 0.1) is 10.1 Å². The van der Waals surface area contributed by atoms with Crippen LogP contribution in [0.4, 0.5) is 5.69 Å². The number of hydrogen-bond donors (Lipinski definition) is 3. The lowest BCUT2D eigenvalue weighted by molar-refractivity contribution is -0.525. The fourth-order valence-electron chi connectivity index (χ4n) is 0.823. The fourth-order valence-corrected chi connectivity index (χ4v) is 0.998. The lowest BCUT2D eigenvalue weighted by Gasteiger charge is -1.99. The number of nitrogens with one attached hydrogen (secondary N) is 1. The largest absolute Gasteiger partial charge is 0.506 e. The number of phenols is 1. The van der Waals surface area contributed by atoms with Gasteiger partial charge in [-0.3, -0.25) is 0 Å². The maximum absolute atomic E-state index is 9.99. The fraction of sp³-hybridized carbons (Fsp3) is 0. The van der Waals surface area contributed by atoms with E-state index < -0.39 is 5.03 Å². The summed E-state index contributed by atoms with van der Waals surface area (Å²) < 4.78 is 0. The Kier molecular flexibility index (Phi) is 3.29. The van der Waals surface area contributed by atoms with Gasteiger partial charge in [0.2, 0.25) is 0 Å². The van der Waals surface area contributed by atoms with Gasteiger partial charge >= 0.3 is 0 Å². The molecular formula is C7H7ClN4O3. The van der Waals surface area contributed by atoms with Crippen LogP contribution < -0.4 is 11.2 Å². The van der Waals surface area contributed by atoms with E-state index in [2.05, 4.69) is 4.99 Å². The predicted molar refractivity (Wildman–Crippen MR) is 54.5 cm³/mol. The van der Waals surface area contributed by atoms with Gasteiger partial charge in [-0.25, -0.2) is 15.1 Å². The minimum absolute atomic E-state index is 0.0881. The zero-order valence-electron chi connectivity index (χ0n) is 7.35. The van der Waals surface area contributed by atoms with Gasteiger partial charge in [-0.05, 0) is 18.2 Å². The molecule has 8 heteroatoms. The van der Waals surface area contributed by atoms with E-state index in [1.165, 1.54) is 18.2 Å². The van der Waals surface area contributed by atoms with Gasteiger partial charge in [0.05, 0.1) is 10.7 Å². The minimum Gasteiger partial charge on any atom is -0.506 e. The van der Waals surface area contributed by atoms with E-state index >= 15 is 0 Å². The summed E-state index contributed by atoms with van der Waals surface area (Å²) in [5, 5.41) is 18.3. The van der Waals surface area contributed by atoms with Crippen molar-refractivity contribution in [1.29, 1.82) is 0 Å². The molecule has 0 aliphatic carbocycles. The molecule has 0 saturated carbocycles. The first-order valence-electron chi connectivity index (χ1n) is 3.73. The Bertz CT molecular complexity index is 421. The van der Waals surface area contributed by atoms with Crippen LogP contribution in [0.3, 0.4) is 0 Å². The minimum atomic E-state index is -0.832. The Hall–Kier alpha value is -2.02. The summed E-state index contributed by atoms with van der Waals surface area (Å²) >= 11 is 5.59. The highest BCUT2D eigenvalue weighted by molar-refractivity contribution is 6.32. The Morgan fingerprint density at radius 1 is 1.67 bits per heavy atom. The van der Waals surface area contributed by atoms with Crippen molar-refractivity contribution in [3.8, 4) is 5.75 Å². The third-order valence-electron chi connectivity index (χ3n) is 1.39. The molecule has 1 aromatic carbocycles. The van der Waals surface area contributed by atoms with Crippen LogP contribution in [-0.2, 0) is 0 Å². The first-order chi connectivity index (χ1) is 6.99. The van der Waals surface area contributed by atoms with E-state index in [9.17, 15) is 10.1 Å². The van der Waals surface area contributed by atoms with Gasteiger partial charge in [0, 0.05) is 0 Å². The van der Waals surface area contributed by atoms with E-state index in [0.29, 0.717) is 5.69 Å². The monoisotopic (exact) mass is 230 g/mol. The Labute approximate surface area is 89.3 Å². The van der Waals surface area contributed by atoms with E-state index in [-0.39, 0.29) is 16.7 Å². The Morgan fingerprint density at radius 3 is 2.87 bits per heavy atom. The first kappa shape index (κ1) is 11.1. The molecule has 0 unspecified atom stereocenters. The van der Waals surface area contributed by atoms with Crippen molar-refractivity contribution in [1.82, 2.24) is 5.43 Å². The summed E-state index contributed by atoms with van der Waals surface area (Å²) in [7, 11) is 0. The van der Waals surface area contributed by atoms with Crippen LogP contribution in [-0.4, -0.2) is 16.1 Å². The van der Waals surface area contributed by atoms with Gasteiger partial charge in [0.1, 0.15) is 5.75 Å². The van der Waals surface area contributed by atoms with Crippen molar-refractivity contribution in [2.45, 2.75) is 0 Å². The molecule has 0 spiro atoms. The number of rotatable bonds is 2. The average Bonchev–Trinajstić information content (AvgIpc) is 2.10. The molecule has 7 nitrogen and oxygen atoms in total. The van der Waals surface area contributed by atoms with Crippen LogP contribution in [0.25, 0.3) is 0 Å². The molecule has 0 amide bonds. The van der Waals surface area contributed by atoms with E-state index in [1.54, 1.807) is 5.43 Å². The topological polar surface area (TPSA) is 114 Å². The van der Waals surface area contributed by atoms with Gasteiger partial charge in [0.15, 0.2) is 5.03 Å². The molecule has 0 saturated heterocycles. The van der Waals surface area contributed by atoms with Crippen molar-refractivity contribution in [3.05, 3.63) is 33.3 Å². The summed E-state index contributed by atoms with van der Waals surface area (Å²) in [6.07, 6.45) is 0. The average molecular weight is 231 g/mol. The number of benzene rings is 1. The summed E-state index contributed by atoms with van der Waals surface area (Å²) in [5.41, 5.74) is 7.15. The molecule has 1 aromatic rings. The predicted octanol–water partition coefficient (Wildman–Crippen LogP) is 0.773. The second kappa shape index (κ2) is 4.47. The van der Waals surface area contributed by atoms with Crippen LogP contribution in [0.15, 0.2) is 23.2 Å². The standard InChI is InChI=1S/C7H7ClN4O3/c8-5-3-4(1-2-6(5)13)10-7(9)11-12(14)15/h1-3,13H,(H3,9,10,11). The number of aromatic hydroxyl groups is 1. The quantitative estimate of drug-likeness (QED) is 0.301. The second-order valence-corrected chi connectivity index (χ2v) is 2.91. The van der Waals surface area contributed by atoms with Crippen molar-refractivity contribution >= 4 is 23.2 Å². The van der Waals surface area contributed by atoms with Crippen LogP contribution in [0.1, 0.15) is 0 Å². The molecule has 1 rings (SSSR count). The molecule has 0 fully saturated rings. The van der Waals surface area contributed by atoms with Crippen molar-refractivity contribution in [3.63, 3.8) is 0 Å². The number of nitrogens with zero attached hydrogens (tertiary/aromatic N) is 2. The number of aliphatic imine (C=N–C) groups is 1. The van der Waals surface area contributed by atoms with E-state index in [4.69, 9.17) is 22.4 Å². The third-order valence-corrected chi connectivity index (χ3v) is 1.69. The summed E-state index contributed by atoms with van der Waals surface area (Å²) in [6, 6.07) is 4.04. The SMILES string of the molecule is NC(=Nc1ccc(O)c(Cl)c1)N[N+](=O)[O-]. The first-order valence-corrected chi connectivity index (χ1v) is 4.10. The lowest BCUT2D eigenvalue weighted by Crippen LogP contribution is -2.35. The molecule has 80 valence electrons. The molecule has 0 radical (unpaired) electrons. The molecular weight excluding hydrogens is 224 g/mol. The number of halogens is 1. The number of hydrogen-bond acceptors (Lipinski definition) is 4. The van der Waals surface area contributed by atoms with E-state index in [0.717, 1.165) is 0 Å². The number of phenolic OH excluding ortho intramolecular Hbond substituents is 1. The number of nitro groups is 1. The van der Waals surface area contributed by atoms with Gasteiger partial charge in [-0.15, -0.1) is 0 Å². The van der Waals surface area contributed by atoms with Crippen LogP contribution in [0.2, 0.25) is 5.02 Å². The van der Waals surface area contributed by atoms with Gasteiger partial charge in [-0.1, -0.05) is 17.0 Å². The maximum atomic E-state index is 9.99. The zero-order valence-corrected chi connectivity index (χ0v) is 8.10. The highest BCUT2D eigenvalue weighted by Crippen LogP contribution is 2.27. The molecule has 4 N–H and O–H groups in total. The summed E-state index contributed by atoms with van der Waals surface area (Å²) in [5.74, 6) is -0.474. The third kappa shape index (κ3) is 3.31. The summed E-state index contributed by atoms with van der Waals surface area (Å²) in [6.45, 7) is 0. The molecule has 0 aromatic heterocycles. The molecule has 0 heterocycles. The summed E-state index contributed by atoms with van der Waals surface area (Å²) in [4.78, 5) is 13.6. The molecule has 0 aliphatic rings.